The molecule has 0 bridgehead atoms. The summed E-state index contributed by atoms with van der Waals surface area (Å²) < 4.78 is 40.2. The molecule has 1 unspecified atom stereocenters. The number of likely N-dealkylation sites (tertiary alicyclic amines) is 1. The lowest BCUT2D eigenvalue weighted by atomic mass is 10.0. The lowest BCUT2D eigenvalue weighted by molar-refractivity contribution is -0.138. The third kappa shape index (κ3) is 5.18. The molecule has 1 aliphatic rings. The summed E-state index contributed by atoms with van der Waals surface area (Å²) in [5, 5.41) is 4.52. The highest BCUT2D eigenvalue weighted by atomic mass is 35.5. The van der Waals surface area contributed by atoms with Gasteiger partial charge in [0.1, 0.15) is 16.9 Å². The number of aromatic nitrogens is 3. The van der Waals surface area contributed by atoms with E-state index in [4.69, 9.17) is 11.6 Å². The van der Waals surface area contributed by atoms with Crippen LogP contribution in [-0.4, -0.2) is 44.3 Å². The van der Waals surface area contributed by atoms with Gasteiger partial charge in [-0.2, -0.15) is 13.2 Å². The second-order valence-electron chi connectivity index (χ2n) is 8.17. The van der Waals surface area contributed by atoms with Crippen molar-refractivity contribution in [3.63, 3.8) is 0 Å². The van der Waals surface area contributed by atoms with Gasteiger partial charge in [0.05, 0.1) is 11.3 Å². The molecule has 3 aromatic heterocycles. The van der Waals surface area contributed by atoms with Gasteiger partial charge in [-0.15, -0.1) is 11.3 Å². The minimum Gasteiger partial charge on any atom is -0.325 e. The number of benzene rings is 1. The highest BCUT2D eigenvalue weighted by Crippen LogP contribution is 2.34. The van der Waals surface area contributed by atoms with E-state index in [0.717, 1.165) is 27.7 Å². The Labute approximate surface area is 218 Å². The van der Waals surface area contributed by atoms with E-state index in [0.29, 0.717) is 23.3 Å². The molecule has 1 aromatic carbocycles. The largest absolute Gasteiger partial charge is 0.418 e. The van der Waals surface area contributed by atoms with E-state index in [9.17, 15) is 22.8 Å². The summed E-state index contributed by atoms with van der Waals surface area (Å²) in [6.07, 6.45) is -1.08. The molecule has 0 aliphatic carbocycles. The Hall–Kier alpha value is -3.83. The van der Waals surface area contributed by atoms with E-state index in [1.807, 2.05) is 36.4 Å². The maximum absolute atomic E-state index is 13.4. The van der Waals surface area contributed by atoms with Crippen molar-refractivity contribution in [2.75, 3.05) is 11.9 Å². The predicted molar refractivity (Wildman–Crippen MR) is 133 cm³/mol. The van der Waals surface area contributed by atoms with Crippen molar-refractivity contribution in [2.45, 2.75) is 18.6 Å². The molecule has 188 valence electrons. The summed E-state index contributed by atoms with van der Waals surface area (Å²) in [5.41, 5.74) is 1.44. The Bertz CT molecular complexity index is 1480. The molecular weight excluding hydrogens is 527 g/mol. The maximum atomic E-state index is 13.4. The van der Waals surface area contributed by atoms with Crippen LogP contribution in [0.2, 0.25) is 5.15 Å². The van der Waals surface area contributed by atoms with E-state index in [1.54, 1.807) is 17.8 Å². The standard InChI is InChI=1S/C25H17ClF3N5O2S/c26-20-5-4-17(25(27,28)29)21(32-20)23(36)34-11-8-19(34)22(35)33-24-31-18(13-37-24)16-3-1-2-15(12-16)14-6-9-30-10-7-14/h1-7,9-10,12-13,19H,8,11H2,(H,31,33,35). The fourth-order valence-corrected chi connectivity index (χ4v) is 4.79. The zero-order chi connectivity index (χ0) is 26.2. The minimum absolute atomic E-state index is 0.118. The van der Waals surface area contributed by atoms with E-state index >= 15 is 0 Å². The van der Waals surface area contributed by atoms with Gasteiger partial charge in [-0.3, -0.25) is 14.6 Å². The summed E-state index contributed by atoms with van der Waals surface area (Å²) in [7, 11) is 0. The second-order valence-corrected chi connectivity index (χ2v) is 9.42. The van der Waals surface area contributed by atoms with Crippen LogP contribution in [0.3, 0.4) is 0 Å². The number of anilines is 1. The average molecular weight is 544 g/mol. The number of nitrogens with zero attached hydrogens (tertiary/aromatic N) is 4. The number of rotatable bonds is 5. The number of nitrogens with one attached hydrogen (secondary N) is 1. The van der Waals surface area contributed by atoms with Gasteiger partial charge in [-0.25, -0.2) is 9.97 Å². The predicted octanol–water partition coefficient (Wildman–Crippen LogP) is 5.79. The third-order valence-corrected chi connectivity index (χ3v) is 6.83. The first-order chi connectivity index (χ1) is 17.7. The Morgan fingerprint density at radius 3 is 2.49 bits per heavy atom. The van der Waals surface area contributed by atoms with Crippen LogP contribution >= 0.6 is 22.9 Å². The third-order valence-electron chi connectivity index (χ3n) is 5.86. The lowest BCUT2D eigenvalue weighted by Gasteiger charge is -2.39. The molecule has 5 rings (SSSR count). The van der Waals surface area contributed by atoms with Gasteiger partial charge in [0.2, 0.25) is 5.91 Å². The molecule has 12 heteroatoms. The first-order valence-electron chi connectivity index (χ1n) is 11.0. The van der Waals surface area contributed by atoms with E-state index < -0.39 is 35.3 Å². The second kappa shape index (κ2) is 9.91. The van der Waals surface area contributed by atoms with Crippen LogP contribution in [0, 0.1) is 0 Å². The highest BCUT2D eigenvalue weighted by molar-refractivity contribution is 7.14. The fraction of sp³-hybridized carbons (Fsp3) is 0.160. The molecule has 37 heavy (non-hydrogen) atoms. The summed E-state index contributed by atoms with van der Waals surface area (Å²) in [6, 6.07) is 12.3. The van der Waals surface area contributed by atoms with Crippen LogP contribution < -0.4 is 5.32 Å². The van der Waals surface area contributed by atoms with Gasteiger partial charge in [-0.1, -0.05) is 29.8 Å². The molecule has 1 atom stereocenters. The van der Waals surface area contributed by atoms with Crippen LogP contribution in [0.4, 0.5) is 18.3 Å². The normalized spacial score (nSPS) is 15.2. The van der Waals surface area contributed by atoms with Crippen molar-refractivity contribution in [3.05, 3.63) is 82.7 Å². The molecule has 7 nitrogen and oxygen atoms in total. The first-order valence-corrected chi connectivity index (χ1v) is 12.3. The summed E-state index contributed by atoms with van der Waals surface area (Å²) in [6.45, 7) is 0.118. The number of amides is 2. The van der Waals surface area contributed by atoms with Crippen LogP contribution in [-0.2, 0) is 11.0 Å². The Morgan fingerprint density at radius 1 is 1.03 bits per heavy atom. The number of alkyl halides is 3. The van der Waals surface area contributed by atoms with Gasteiger partial charge in [0.15, 0.2) is 5.13 Å². The number of halogens is 4. The number of pyridine rings is 2. The number of carbonyl (C=O) groups excluding carboxylic acids is 2. The molecule has 4 aromatic rings. The molecule has 1 N–H and O–H groups in total. The van der Waals surface area contributed by atoms with Gasteiger partial charge in [0.25, 0.3) is 5.91 Å². The lowest BCUT2D eigenvalue weighted by Crippen LogP contribution is -2.57. The fourth-order valence-electron chi connectivity index (χ4n) is 3.92. The summed E-state index contributed by atoms with van der Waals surface area (Å²) in [5.74, 6) is -1.55. The molecule has 1 fully saturated rings. The van der Waals surface area contributed by atoms with Gasteiger partial charge in [-0.05, 0) is 47.9 Å². The van der Waals surface area contributed by atoms with Crippen molar-refractivity contribution in [1.29, 1.82) is 0 Å². The van der Waals surface area contributed by atoms with Crippen LogP contribution in [0.25, 0.3) is 22.4 Å². The van der Waals surface area contributed by atoms with Crippen LogP contribution in [0.5, 0.6) is 0 Å². The minimum atomic E-state index is -4.79. The molecule has 1 aliphatic heterocycles. The number of hydrogen-bond acceptors (Lipinski definition) is 6. The molecule has 0 radical (unpaired) electrons. The van der Waals surface area contributed by atoms with Crippen molar-refractivity contribution >= 4 is 39.9 Å². The maximum Gasteiger partial charge on any atom is 0.418 e. The molecule has 0 saturated carbocycles. The van der Waals surface area contributed by atoms with Gasteiger partial charge in [0, 0.05) is 29.9 Å². The SMILES string of the molecule is O=C(Nc1nc(-c2cccc(-c3ccncc3)c2)cs1)C1CCN1C(=O)c1nc(Cl)ccc1C(F)(F)F. The van der Waals surface area contributed by atoms with E-state index in [1.165, 1.54) is 11.3 Å². The quantitative estimate of drug-likeness (QED) is 0.322. The Balaban J connectivity index is 1.30. The molecule has 1 saturated heterocycles. The monoisotopic (exact) mass is 543 g/mol. The van der Waals surface area contributed by atoms with Gasteiger partial charge < -0.3 is 10.2 Å². The first kappa shape index (κ1) is 24.8. The van der Waals surface area contributed by atoms with Crippen molar-refractivity contribution in [3.8, 4) is 22.4 Å². The number of hydrogen-bond donors (Lipinski definition) is 1. The smallest absolute Gasteiger partial charge is 0.325 e. The summed E-state index contributed by atoms with van der Waals surface area (Å²) in [4.78, 5) is 38.9. The summed E-state index contributed by atoms with van der Waals surface area (Å²) >= 11 is 6.95. The average Bonchev–Trinajstić information content (AvgIpc) is 3.31. The zero-order valence-electron chi connectivity index (χ0n) is 18.9. The number of thiazole rings is 1. The van der Waals surface area contributed by atoms with Crippen LogP contribution in [0.15, 0.2) is 66.3 Å². The topological polar surface area (TPSA) is 88.1 Å². The molecule has 2 amide bonds. The number of carbonyl (C=O) groups is 2. The molecular formula is C25H17ClF3N5O2S. The van der Waals surface area contributed by atoms with Crippen molar-refractivity contribution in [2.24, 2.45) is 0 Å². The van der Waals surface area contributed by atoms with Crippen molar-refractivity contribution in [1.82, 2.24) is 19.9 Å². The zero-order valence-corrected chi connectivity index (χ0v) is 20.4. The molecule has 4 heterocycles. The van der Waals surface area contributed by atoms with E-state index in [-0.39, 0.29) is 11.7 Å². The molecule has 0 spiro atoms. The van der Waals surface area contributed by atoms with Crippen LogP contribution in [0.1, 0.15) is 22.5 Å². The Morgan fingerprint density at radius 2 is 1.78 bits per heavy atom. The van der Waals surface area contributed by atoms with Crippen molar-refractivity contribution < 1.29 is 22.8 Å². The van der Waals surface area contributed by atoms with E-state index in [2.05, 4.69) is 20.3 Å². The highest BCUT2D eigenvalue weighted by Gasteiger charge is 2.43. The Kier molecular flexibility index (Phi) is 6.65. The van der Waals surface area contributed by atoms with Gasteiger partial charge >= 0.3 is 6.18 Å².